The standard InChI is InChI=1S/C15H14N2OS/c1-17(13-6-3-2-4-7-13)15(18)10-12(11-16)14-8-5-9-19-14/h2-9,12H,10H2,1H3. The Morgan fingerprint density at radius 3 is 2.63 bits per heavy atom. The topological polar surface area (TPSA) is 44.1 Å². The van der Waals surface area contributed by atoms with E-state index in [0.717, 1.165) is 10.6 Å². The van der Waals surface area contributed by atoms with E-state index in [1.807, 2.05) is 47.8 Å². The summed E-state index contributed by atoms with van der Waals surface area (Å²) in [7, 11) is 1.74. The number of benzene rings is 1. The third kappa shape index (κ3) is 3.21. The normalized spacial score (nSPS) is 11.6. The molecule has 0 aliphatic carbocycles. The van der Waals surface area contributed by atoms with E-state index >= 15 is 0 Å². The molecule has 4 heteroatoms. The van der Waals surface area contributed by atoms with E-state index in [-0.39, 0.29) is 18.2 Å². The van der Waals surface area contributed by atoms with Crippen LogP contribution in [0.1, 0.15) is 17.2 Å². The predicted octanol–water partition coefficient (Wildman–Crippen LogP) is 3.41. The zero-order valence-electron chi connectivity index (χ0n) is 10.6. The smallest absolute Gasteiger partial charge is 0.228 e. The molecular weight excluding hydrogens is 256 g/mol. The van der Waals surface area contributed by atoms with Crippen molar-refractivity contribution in [3.05, 3.63) is 52.7 Å². The summed E-state index contributed by atoms with van der Waals surface area (Å²) in [5.41, 5.74) is 0.843. The maximum Gasteiger partial charge on any atom is 0.228 e. The van der Waals surface area contributed by atoms with Gasteiger partial charge < -0.3 is 4.90 Å². The lowest BCUT2D eigenvalue weighted by Crippen LogP contribution is -2.27. The predicted molar refractivity (Wildman–Crippen MR) is 77.1 cm³/mol. The maximum atomic E-state index is 12.2. The zero-order valence-corrected chi connectivity index (χ0v) is 11.4. The van der Waals surface area contributed by atoms with Gasteiger partial charge in [0.1, 0.15) is 0 Å². The van der Waals surface area contributed by atoms with Gasteiger partial charge in [0, 0.05) is 24.0 Å². The Morgan fingerprint density at radius 2 is 2.05 bits per heavy atom. The average molecular weight is 270 g/mol. The van der Waals surface area contributed by atoms with Crippen LogP contribution in [-0.2, 0) is 4.79 Å². The molecule has 1 heterocycles. The zero-order chi connectivity index (χ0) is 13.7. The number of carbonyl (C=O) groups excluding carboxylic acids is 1. The largest absolute Gasteiger partial charge is 0.315 e. The van der Waals surface area contributed by atoms with Crippen LogP contribution in [0.25, 0.3) is 0 Å². The van der Waals surface area contributed by atoms with Gasteiger partial charge in [-0.2, -0.15) is 5.26 Å². The number of nitrogens with zero attached hydrogens (tertiary/aromatic N) is 2. The molecule has 0 aliphatic heterocycles. The first-order valence-corrected chi connectivity index (χ1v) is 6.85. The van der Waals surface area contributed by atoms with Crippen LogP contribution in [0.3, 0.4) is 0 Å². The van der Waals surface area contributed by atoms with Crippen molar-refractivity contribution in [3.63, 3.8) is 0 Å². The van der Waals surface area contributed by atoms with E-state index in [9.17, 15) is 10.1 Å². The molecule has 2 aromatic rings. The molecule has 0 N–H and O–H groups in total. The van der Waals surface area contributed by atoms with Crippen LogP contribution >= 0.6 is 11.3 Å². The molecule has 1 aromatic heterocycles. The molecular formula is C15H14N2OS. The number of hydrogen-bond donors (Lipinski definition) is 0. The van der Waals surface area contributed by atoms with Crippen molar-refractivity contribution in [2.24, 2.45) is 0 Å². The van der Waals surface area contributed by atoms with Gasteiger partial charge in [-0.3, -0.25) is 4.79 Å². The summed E-state index contributed by atoms with van der Waals surface area (Å²) in [6.07, 6.45) is 0.211. The first kappa shape index (κ1) is 13.3. The van der Waals surface area contributed by atoms with Crippen LogP contribution in [-0.4, -0.2) is 13.0 Å². The summed E-state index contributed by atoms with van der Waals surface area (Å²) in [6.45, 7) is 0. The molecule has 0 bridgehead atoms. The fourth-order valence-corrected chi connectivity index (χ4v) is 2.58. The number of amides is 1. The fraction of sp³-hybridized carbons (Fsp3) is 0.200. The van der Waals surface area contributed by atoms with Gasteiger partial charge >= 0.3 is 0 Å². The Kier molecular flexibility index (Phi) is 4.32. The molecule has 1 aromatic carbocycles. The summed E-state index contributed by atoms with van der Waals surface area (Å²) in [6, 6.07) is 15.4. The van der Waals surface area contributed by atoms with Crippen LogP contribution in [0.4, 0.5) is 5.69 Å². The Morgan fingerprint density at radius 1 is 1.32 bits per heavy atom. The van der Waals surface area contributed by atoms with E-state index in [4.69, 9.17) is 0 Å². The number of carbonyl (C=O) groups is 1. The number of nitriles is 1. The minimum absolute atomic E-state index is 0.0499. The summed E-state index contributed by atoms with van der Waals surface area (Å²) >= 11 is 1.51. The highest BCUT2D eigenvalue weighted by molar-refractivity contribution is 7.10. The van der Waals surface area contributed by atoms with Crippen molar-refractivity contribution in [1.82, 2.24) is 0 Å². The molecule has 96 valence electrons. The second kappa shape index (κ2) is 6.17. The Labute approximate surface area is 116 Å². The maximum absolute atomic E-state index is 12.2. The molecule has 1 amide bonds. The molecule has 19 heavy (non-hydrogen) atoms. The van der Waals surface area contributed by atoms with Gasteiger partial charge in [0.15, 0.2) is 0 Å². The molecule has 2 rings (SSSR count). The van der Waals surface area contributed by atoms with Crippen molar-refractivity contribution in [1.29, 1.82) is 5.26 Å². The van der Waals surface area contributed by atoms with Crippen LogP contribution in [0.5, 0.6) is 0 Å². The molecule has 3 nitrogen and oxygen atoms in total. The Balaban J connectivity index is 2.07. The first-order valence-electron chi connectivity index (χ1n) is 5.97. The SMILES string of the molecule is CN(C(=O)CC(C#N)c1cccs1)c1ccccc1. The summed E-state index contributed by atoms with van der Waals surface area (Å²) in [5.74, 6) is -0.412. The minimum Gasteiger partial charge on any atom is -0.315 e. The quantitative estimate of drug-likeness (QED) is 0.854. The number of thiophene rings is 1. The van der Waals surface area contributed by atoms with Crippen LogP contribution in [0.2, 0.25) is 0 Å². The van der Waals surface area contributed by atoms with E-state index in [1.54, 1.807) is 11.9 Å². The first-order chi connectivity index (χ1) is 9.22. The summed E-state index contributed by atoms with van der Waals surface area (Å²) < 4.78 is 0. The number of para-hydroxylation sites is 1. The van der Waals surface area contributed by atoms with Crippen LogP contribution < -0.4 is 4.90 Å². The van der Waals surface area contributed by atoms with Crippen molar-refractivity contribution in [3.8, 4) is 6.07 Å². The lowest BCUT2D eigenvalue weighted by Gasteiger charge is -2.18. The third-order valence-corrected chi connectivity index (χ3v) is 3.92. The van der Waals surface area contributed by atoms with Gasteiger partial charge in [-0.15, -0.1) is 11.3 Å². The van der Waals surface area contributed by atoms with Crippen molar-refractivity contribution < 1.29 is 4.79 Å². The van der Waals surface area contributed by atoms with Gasteiger partial charge in [0.25, 0.3) is 0 Å². The molecule has 1 unspecified atom stereocenters. The highest BCUT2D eigenvalue weighted by atomic mass is 32.1. The summed E-state index contributed by atoms with van der Waals surface area (Å²) in [5, 5.41) is 11.1. The highest BCUT2D eigenvalue weighted by Gasteiger charge is 2.19. The Hall–Kier alpha value is -2.12. The lowest BCUT2D eigenvalue weighted by molar-refractivity contribution is -0.118. The number of hydrogen-bond acceptors (Lipinski definition) is 3. The van der Waals surface area contributed by atoms with E-state index in [1.165, 1.54) is 11.3 Å². The lowest BCUT2D eigenvalue weighted by atomic mass is 10.0. The summed E-state index contributed by atoms with van der Waals surface area (Å²) in [4.78, 5) is 14.7. The number of anilines is 1. The highest BCUT2D eigenvalue weighted by Crippen LogP contribution is 2.25. The average Bonchev–Trinajstić information content (AvgIpc) is 2.98. The molecule has 0 saturated carbocycles. The van der Waals surface area contributed by atoms with Gasteiger partial charge in [0.05, 0.1) is 12.0 Å². The second-order valence-electron chi connectivity index (χ2n) is 4.19. The molecule has 0 radical (unpaired) electrons. The van der Waals surface area contributed by atoms with E-state index in [2.05, 4.69) is 6.07 Å². The molecule has 0 spiro atoms. The van der Waals surface area contributed by atoms with Crippen molar-refractivity contribution in [2.45, 2.75) is 12.3 Å². The Bertz CT molecular complexity index is 572. The van der Waals surface area contributed by atoms with Gasteiger partial charge in [-0.25, -0.2) is 0 Å². The molecule has 1 atom stereocenters. The van der Waals surface area contributed by atoms with Crippen molar-refractivity contribution >= 4 is 22.9 Å². The number of rotatable bonds is 4. The third-order valence-electron chi connectivity index (χ3n) is 2.94. The second-order valence-corrected chi connectivity index (χ2v) is 5.17. The van der Waals surface area contributed by atoms with Crippen LogP contribution in [0.15, 0.2) is 47.8 Å². The molecule has 0 saturated heterocycles. The van der Waals surface area contributed by atoms with Crippen molar-refractivity contribution in [2.75, 3.05) is 11.9 Å². The van der Waals surface area contributed by atoms with E-state index in [0.29, 0.717) is 0 Å². The van der Waals surface area contributed by atoms with Gasteiger partial charge in [0.2, 0.25) is 5.91 Å². The van der Waals surface area contributed by atoms with E-state index < -0.39 is 0 Å². The van der Waals surface area contributed by atoms with Crippen LogP contribution in [0, 0.1) is 11.3 Å². The van der Waals surface area contributed by atoms with Gasteiger partial charge in [-0.1, -0.05) is 24.3 Å². The van der Waals surface area contributed by atoms with Gasteiger partial charge in [-0.05, 0) is 23.6 Å². The molecule has 0 fully saturated rings. The fourth-order valence-electron chi connectivity index (χ4n) is 1.81. The minimum atomic E-state index is -0.362. The monoisotopic (exact) mass is 270 g/mol. The molecule has 0 aliphatic rings.